The summed E-state index contributed by atoms with van der Waals surface area (Å²) in [4.78, 5) is 4.37. The van der Waals surface area contributed by atoms with Gasteiger partial charge in [-0.3, -0.25) is 0 Å². The Morgan fingerprint density at radius 1 is 0.812 bits per heavy atom. The molecule has 2 aliphatic heterocycles. The molecule has 0 aliphatic carbocycles. The van der Waals surface area contributed by atoms with Crippen LogP contribution in [0.3, 0.4) is 0 Å². The van der Waals surface area contributed by atoms with Gasteiger partial charge in [-0.1, -0.05) is 97.0 Å². The monoisotopic (exact) mass is 667 g/mol. The van der Waals surface area contributed by atoms with Gasteiger partial charge in [-0.15, -0.1) is 0 Å². The lowest BCUT2D eigenvalue weighted by atomic mass is 9.87. The maximum Gasteiger partial charge on any atom is 0.417 e. The van der Waals surface area contributed by atoms with E-state index in [1.54, 1.807) is 12.1 Å². The average molecular weight is 668 g/mol. The van der Waals surface area contributed by atoms with Crippen LogP contribution in [0.15, 0.2) is 103 Å². The molecule has 1 unspecified atom stereocenters. The zero-order chi connectivity index (χ0) is 33.9. The van der Waals surface area contributed by atoms with Crippen molar-refractivity contribution in [2.24, 2.45) is 5.92 Å². The van der Waals surface area contributed by atoms with Gasteiger partial charge in [-0.05, 0) is 78.5 Å². The molecule has 0 spiro atoms. The molecule has 8 heteroatoms. The lowest BCUT2D eigenvalue weighted by Gasteiger charge is -2.43. The topological polar surface area (TPSA) is 50.5 Å². The van der Waals surface area contributed by atoms with Crippen LogP contribution in [0.5, 0.6) is 0 Å². The van der Waals surface area contributed by atoms with Crippen molar-refractivity contribution < 1.29 is 18.3 Å². The third-order valence-corrected chi connectivity index (χ3v) is 14.3. The summed E-state index contributed by atoms with van der Waals surface area (Å²) in [5, 5.41) is 23.2. The molecule has 2 saturated heterocycles. The van der Waals surface area contributed by atoms with Gasteiger partial charge in [0.15, 0.2) is 0 Å². The second kappa shape index (κ2) is 14.2. The van der Waals surface area contributed by atoms with E-state index in [0.717, 1.165) is 44.8 Å². The van der Waals surface area contributed by atoms with Crippen LogP contribution in [0, 0.1) is 17.2 Å². The van der Waals surface area contributed by atoms with Crippen molar-refractivity contribution in [3.8, 4) is 6.07 Å². The Balaban J connectivity index is 0.997. The quantitative estimate of drug-likeness (QED) is 0.180. The van der Waals surface area contributed by atoms with E-state index in [0.29, 0.717) is 30.6 Å². The number of hydrogen-bond donors (Lipinski definition) is 1. The number of rotatable bonds is 10. The Labute approximate surface area is 284 Å². The molecular formula is C40H44F3N3OSi. The predicted molar refractivity (Wildman–Crippen MR) is 191 cm³/mol. The molecule has 2 heterocycles. The molecule has 48 heavy (non-hydrogen) atoms. The zero-order valence-corrected chi connectivity index (χ0v) is 28.9. The number of alkyl halides is 3. The summed E-state index contributed by atoms with van der Waals surface area (Å²) < 4.78 is 40.4. The van der Waals surface area contributed by atoms with E-state index in [1.165, 1.54) is 27.7 Å². The lowest BCUT2D eigenvalue weighted by molar-refractivity contribution is -0.137. The number of nitrogens with zero attached hydrogens (tertiary/aromatic N) is 3. The van der Waals surface area contributed by atoms with Crippen molar-refractivity contribution in [2.75, 3.05) is 36.0 Å². The average Bonchev–Trinajstić information content (AvgIpc) is 3.06. The molecule has 0 aromatic heterocycles. The van der Waals surface area contributed by atoms with E-state index in [2.05, 4.69) is 104 Å². The number of piperidine rings is 1. The molecule has 4 nitrogen and oxygen atoms in total. The number of hydrogen-bond acceptors (Lipinski definition) is 4. The van der Waals surface area contributed by atoms with Gasteiger partial charge in [0, 0.05) is 37.6 Å². The van der Waals surface area contributed by atoms with E-state index in [-0.39, 0.29) is 16.7 Å². The van der Waals surface area contributed by atoms with Crippen molar-refractivity contribution in [1.82, 2.24) is 0 Å². The van der Waals surface area contributed by atoms with E-state index in [9.17, 15) is 18.3 Å². The molecule has 4 aromatic rings. The van der Waals surface area contributed by atoms with E-state index in [1.807, 2.05) is 4.90 Å². The Morgan fingerprint density at radius 3 is 1.92 bits per heavy atom. The van der Waals surface area contributed by atoms with Crippen molar-refractivity contribution in [3.63, 3.8) is 0 Å². The lowest BCUT2D eigenvalue weighted by Crippen LogP contribution is -2.51. The molecule has 1 atom stereocenters. The van der Waals surface area contributed by atoms with E-state index in [4.69, 9.17) is 5.26 Å². The van der Waals surface area contributed by atoms with Gasteiger partial charge in [-0.25, -0.2) is 0 Å². The van der Waals surface area contributed by atoms with Crippen LogP contribution in [0.4, 0.5) is 24.5 Å². The first-order chi connectivity index (χ1) is 23.0. The first-order valence-corrected chi connectivity index (χ1v) is 18.7. The molecule has 0 bridgehead atoms. The maximum absolute atomic E-state index is 13.5. The zero-order valence-electron chi connectivity index (χ0n) is 27.7. The smallest absolute Gasteiger partial charge is 0.393 e. The number of aliphatic hydroxyl groups is 1. The van der Waals surface area contributed by atoms with Gasteiger partial charge >= 0.3 is 6.18 Å². The van der Waals surface area contributed by atoms with Crippen LogP contribution in [-0.2, 0) is 6.18 Å². The minimum absolute atomic E-state index is 0.00552. The normalized spacial score (nSPS) is 16.9. The summed E-state index contributed by atoms with van der Waals surface area (Å²) in [6, 6.07) is 36.1. The Kier molecular flexibility index (Phi) is 10.0. The molecule has 1 N–H and O–H groups in total. The molecule has 2 aliphatic rings. The molecule has 250 valence electrons. The fourth-order valence-corrected chi connectivity index (χ4v) is 11.9. The number of halogens is 3. The molecule has 0 amide bonds. The second-order valence-electron chi connectivity index (χ2n) is 14.3. The van der Waals surface area contributed by atoms with Gasteiger partial charge in [0.05, 0.1) is 23.3 Å². The fraction of sp³-hybridized carbons (Fsp3) is 0.375. The van der Waals surface area contributed by atoms with Gasteiger partial charge < -0.3 is 14.9 Å². The summed E-state index contributed by atoms with van der Waals surface area (Å²) in [5.41, 5.74) is 1.77. The minimum Gasteiger partial charge on any atom is -0.393 e. The minimum atomic E-state index is -4.55. The molecule has 0 radical (unpaired) electrons. The third kappa shape index (κ3) is 7.64. The van der Waals surface area contributed by atoms with Gasteiger partial charge in [0.1, 0.15) is 8.80 Å². The molecular weight excluding hydrogens is 624 g/mol. The maximum atomic E-state index is 13.5. The number of anilines is 2. The van der Waals surface area contributed by atoms with Crippen LogP contribution in [0.25, 0.3) is 0 Å². The van der Waals surface area contributed by atoms with Crippen molar-refractivity contribution >= 4 is 30.5 Å². The van der Waals surface area contributed by atoms with Gasteiger partial charge in [-0.2, -0.15) is 18.4 Å². The van der Waals surface area contributed by atoms with E-state index < -0.39 is 20.5 Å². The van der Waals surface area contributed by atoms with E-state index >= 15 is 0 Å². The van der Waals surface area contributed by atoms with Crippen molar-refractivity contribution in [1.29, 1.82) is 5.26 Å². The van der Waals surface area contributed by atoms with Crippen LogP contribution < -0.4 is 20.2 Å². The highest BCUT2D eigenvalue weighted by molar-refractivity contribution is 6.87. The summed E-state index contributed by atoms with van der Waals surface area (Å²) in [7, 11) is -1.59. The summed E-state index contributed by atoms with van der Waals surface area (Å²) >= 11 is 0. The van der Waals surface area contributed by atoms with Gasteiger partial charge in [0.25, 0.3) is 0 Å². The summed E-state index contributed by atoms with van der Waals surface area (Å²) in [6.07, 6.45) is -1.58. The third-order valence-electron chi connectivity index (χ3n) is 10.4. The van der Waals surface area contributed by atoms with Crippen LogP contribution in [-0.4, -0.2) is 46.2 Å². The number of aliphatic hydroxyl groups excluding tert-OH is 1. The van der Waals surface area contributed by atoms with Crippen LogP contribution in [0.1, 0.15) is 62.1 Å². The van der Waals surface area contributed by atoms with Gasteiger partial charge in [0.2, 0.25) is 0 Å². The van der Waals surface area contributed by atoms with Crippen molar-refractivity contribution in [2.45, 2.75) is 62.8 Å². The highest BCUT2D eigenvalue weighted by atomic mass is 28.3. The standard InChI is InChI=1S/C40H44F3N3OSi/c1-39(2,48(36-9-5-3-6-10-36)37-11-7-4-8-12-37)25-35(47)23-29-27-46(28-29)33-16-13-30(14-17-33)31-19-21-45(22-20-31)34-18-15-32(26-44)38(24-34)40(41,42)43/h3-18,24,29,31,35,47-48H,19-23,25,27-28H2,1-2H3. The van der Waals surface area contributed by atoms with Crippen LogP contribution >= 0.6 is 0 Å². The molecule has 4 aromatic carbocycles. The second-order valence-corrected chi connectivity index (χ2v) is 18.1. The number of nitriles is 1. The van der Waals surface area contributed by atoms with Crippen LogP contribution in [0.2, 0.25) is 5.04 Å². The Hall–Kier alpha value is -4.06. The first-order valence-electron chi connectivity index (χ1n) is 17.0. The Morgan fingerprint density at radius 2 is 1.38 bits per heavy atom. The SMILES string of the molecule is CC(C)(CC(O)CC1CN(c2ccc(C3CCN(c4ccc(C#N)c(C(F)(F)F)c4)CC3)cc2)C1)[SiH](c1ccccc1)c1ccccc1. The van der Waals surface area contributed by atoms with Crippen molar-refractivity contribution in [3.05, 3.63) is 120 Å². The molecule has 0 saturated carbocycles. The highest BCUT2D eigenvalue weighted by Gasteiger charge is 2.38. The summed E-state index contributed by atoms with van der Waals surface area (Å²) in [6.45, 7) is 7.89. The number of benzene rings is 4. The predicted octanol–water partition coefficient (Wildman–Crippen LogP) is 7.36. The molecule has 2 fully saturated rings. The highest BCUT2D eigenvalue weighted by Crippen LogP contribution is 2.39. The summed E-state index contributed by atoms with van der Waals surface area (Å²) in [5.74, 6) is 0.825. The largest absolute Gasteiger partial charge is 0.417 e. The first kappa shape index (κ1) is 33.8. The Bertz CT molecular complexity index is 1650. The molecule has 6 rings (SSSR count). The fourth-order valence-electron chi connectivity index (χ4n) is 8.00.